The largest absolute Gasteiger partial charge is 0.465 e. The molecule has 0 saturated heterocycles. The van der Waals surface area contributed by atoms with Crippen molar-refractivity contribution in [3.8, 4) is 6.19 Å². The van der Waals surface area contributed by atoms with Crippen LogP contribution in [0.15, 0.2) is 21.5 Å². The molecule has 1 heterocycles. The van der Waals surface area contributed by atoms with Crippen molar-refractivity contribution >= 4 is 5.96 Å². The van der Waals surface area contributed by atoms with E-state index in [0.29, 0.717) is 5.96 Å². The number of nitriles is 1. The summed E-state index contributed by atoms with van der Waals surface area (Å²) in [6.07, 6.45) is 4.80. The molecule has 0 aliphatic carbocycles. The maximum atomic E-state index is 8.49. The van der Waals surface area contributed by atoms with Crippen LogP contribution < -0.4 is 10.6 Å². The molecule has 0 bridgehead atoms. The molecule has 0 radical (unpaired) electrons. The van der Waals surface area contributed by atoms with Crippen LogP contribution in [-0.4, -0.2) is 38.5 Å². The van der Waals surface area contributed by atoms with Crippen LogP contribution in [0.25, 0.3) is 0 Å². The molecule has 0 spiro atoms. The summed E-state index contributed by atoms with van der Waals surface area (Å²) in [4.78, 5) is 6.00. The Balaban J connectivity index is 2.18. The van der Waals surface area contributed by atoms with E-state index in [4.69, 9.17) is 9.68 Å². The Hall–Kier alpha value is -2.00. The van der Waals surface area contributed by atoms with Gasteiger partial charge in [-0.1, -0.05) is 0 Å². The van der Waals surface area contributed by atoms with E-state index in [1.165, 1.54) is 0 Å². The van der Waals surface area contributed by atoms with Gasteiger partial charge in [-0.15, -0.1) is 0 Å². The summed E-state index contributed by atoms with van der Waals surface area (Å²) in [7, 11) is 5.69. The SMILES string of the molecule is CN=C(NC#N)NCCCCc1ccc(CN(C)C)o1. The van der Waals surface area contributed by atoms with Crippen molar-refractivity contribution in [1.82, 2.24) is 15.5 Å². The number of hydrogen-bond donors (Lipinski definition) is 2. The fraction of sp³-hybridized carbons (Fsp3) is 0.571. The summed E-state index contributed by atoms with van der Waals surface area (Å²) in [5, 5.41) is 14.0. The molecule has 110 valence electrons. The summed E-state index contributed by atoms with van der Waals surface area (Å²) < 4.78 is 5.74. The molecule has 1 aromatic heterocycles. The average molecular weight is 277 g/mol. The van der Waals surface area contributed by atoms with Gasteiger partial charge in [0.1, 0.15) is 11.5 Å². The lowest BCUT2D eigenvalue weighted by Gasteiger charge is -2.06. The van der Waals surface area contributed by atoms with Gasteiger partial charge in [0.25, 0.3) is 0 Å². The van der Waals surface area contributed by atoms with Gasteiger partial charge in [0.15, 0.2) is 6.19 Å². The minimum atomic E-state index is 0.513. The van der Waals surface area contributed by atoms with Gasteiger partial charge in [-0.05, 0) is 39.1 Å². The molecule has 20 heavy (non-hydrogen) atoms. The van der Waals surface area contributed by atoms with Crippen LogP contribution in [0.1, 0.15) is 24.4 Å². The lowest BCUT2D eigenvalue weighted by Crippen LogP contribution is -2.34. The van der Waals surface area contributed by atoms with Crippen molar-refractivity contribution in [2.24, 2.45) is 4.99 Å². The Kier molecular flexibility index (Phi) is 7.22. The fourth-order valence-corrected chi connectivity index (χ4v) is 1.82. The molecule has 6 heteroatoms. The molecule has 0 atom stereocenters. The zero-order chi connectivity index (χ0) is 14.8. The third-order valence-electron chi connectivity index (χ3n) is 2.73. The van der Waals surface area contributed by atoms with Gasteiger partial charge in [-0.2, -0.15) is 5.26 Å². The normalized spacial score (nSPS) is 11.4. The Morgan fingerprint density at radius 2 is 2.10 bits per heavy atom. The highest BCUT2D eigenvalue weighted by Crippen LogP contribution is 2.11. The van der Waals surface area contributed by atoms with Crippen molar-refractivity contribution in [2.45, 2.75) is 25.8 Å². The first-order valence-corrected chi connectivity index (χ1v) is 6.73. The smallest absolute Gasteiger partial charge is 0.204 e. The minimum absolute atomic E-state index is 0.513. The van der Waals surface area contributed by atoms with Gasteiger partial charge in [0, 0.05) is 20.0 Å². The fourth-order valence-electron chi connectivity index (χ4n) is 1.82. The monoisotopic (exact) mass is 277 g/mol. The number of aliphatic imine (C=N–C) groups is 1. The molecular weight excluding hydrogens is 254 g/mol. The predicted molar refractivity (Wildman–Crippen MR) is 79.1 cm³/mol. The topological polar surface area (TPSA) is 76.6 Å². The highest BCUT2D eigenvalue weighted by Gasteiger charge is 2.03. The third kappa shape index (κ3) is 6.25. The van der Waals surface area contributed by atoms with Crippen LogP contribution in [-0.2, 0) is 13.0 Å². The number of rotatable bonds is 7. The van der Waals surface area contributed by atoms with Crippen LogP contribution >= 0.6 is 0 Å². The minimum Gasteiger partial charge on any atom is -0.465 e. The predicted octanol–water partition coefficient (Wildman–Crippen LogP) is 1.31. The first kappa shape index (κ1) is 16.1. The molecule has 0 aromatic carbocycles. The first-order valence-electron chi connectivity index (χ1n) is 6.73. The molecular formula is C14H23N5O. The van der Waals surface area contributed by atoms with E-state index in [9.17, 15) is 0 Å². The zero-order valence-electron chi connectivity index (χ0n) is 12.4. The molecule has 0 aliphatic heterocycles. The maximum absolute atomic E-state index is 8.49. The second-order valence-corrected chi connectivity index (χ2v) is 4.80. The van der Waals surface area contributed by atoms with Gasteiger partial charge in [0.2, 0.25) is 5.96 Å². The molecule has 0 unspecified atom stereocenters. The first-order chi connectivity index (χ1) is 9.65. The zero-order valence-corrected chi connectivity index (χ0v) is 12.4. The number of nitrogens with zero attached hydrogens (tertiary/aromatic N) is 3. The Labute approximate surface area is 120 Å². The number of hydrogen-bond acceptors (Lipinski definition) is 4. The summed E-state index contributed by atoms with van der Waals surface area (Å²) >= 11 is 0. The number of guanidine groups is 1. The molecule has 6 nitrogen and oxygen atoms in total. The summed E-state index contributed by atoms with van der Waals surface area (Å²) in [6.45, 7) is 1.62. The number of aryl methyl sites for hydroxylation is 1. The summed E-state index contributed by atoms with van der Waals surface area (Å²) in [5.74, 6) is 2.54. The average Bonchev–Trinajstić information content (AvgIpc) is 2.83. The molecule has 2 N–H and O–H groups in total. The highest BCUT2D eigenvalue weighted by molar-refractivity contribution is 5.80. The lowest BCUT2D eigenvalue weighted by molar-refractivity contribution is 0.340. The summed E-state index contributed by atoms with van der Waals surface area (Å²) in [5.41, 5.74) is 0. The maximum Gasteiger partial charge on any atom is 0.204 e. The molecule has 0 aliphatic rings. The van der Waals surface area contributed by atoms with Crippen LogP contribution in [0, 0.1) is 11.5 Å². The molecule has 0 fully saturated rings. The second kappa shape index (κ2) is 8.99. The van der Waals surface area contributed by atoms with Crippen molar-refractivity contribution in [3.63, 3.8) is 0 Å². The second-order valence-electron chi connectivity index (χ2n) is 4.80. The molecule has 1 rings (SSSR count). The van der Waals surface area contributed by atoms with Crippen molar-refractivity contribution < 1.29 is 4.42 Å². The van der Waals surface area contributed by atoms with E-state index in [1.54, 1.807) is 7.05 Å². The van der Waals surface area contributed by atoms with E-state index in [2.05, 4.69) is 20.5 Å². The Morgan fingerprint density at radius 1 is 1.35 bits per heavy atom. The molecule has 0 saturated carbocycles. The van der Waals surface area contributed by atoms with Crippen LogP contribution in [0.4, 0.5) is 0 Å². The van der Waals surface area contributed by atoms with Crippen molar-refractivity contribution in [1.29, 1.82) is 5.26 Å². The number of furan rings is 1. The van der Waals surface area contributed by atoms with Gasteiger partial charge in [-0.25, -0.2) is 0 Å². The van der Waals surface area contributed by atoms with E-state index in [0.717, 1.165) is 43.9 Å². The van der Waals surface area contributed by atoms with Crippen LogP contribution in [0.5, 0.6) is 0 Å². The van der Waals surface area contributed by atoms with E-state index in [1.807, 2.05) is 32.4 Å². The van der Waals surface area contributed by atoms with E-state index in [-0.39, 0.29) is 0 Å². The summed E-state index contributed by atoms with van der Waals surface area (Å²) in [6, 6.07) is 4.08. The van der Waals surface area contributed by atoms with Crippen molar-refractivity contribution in [3.05, 3.63) is 23.7 Å². The van der Waals surface area contributed by atoms with Crippen molar-refractivity contribution in [2.75, 3.05) is 27.7 Å². The van der Waals surface area contributed by atoms with Crippen LogP contribution in [0.3, 0.4) is 0 Å². The Bertz CT molecular complexity index is 458. The number of nitrogens with one attached hydrogen (secondary N) is 2. The van der Waals surface area contributed by atoms with Gasteiger partial charge in [-0.3, -0.25) is 10.3 Å². The lowest BCUT2D eigenvalue weighted by atomic mass is 10.2. The highest BCUT2D eigenvalue weighted by atomic mass is 16.3. The Morgan fingerprint density at radius 3 is 2.75 bits per heavy atom. The standard InChI is InChI=1S/C14H23N5O/c1-16-14(18-11-15)17-9-5-4-6-12-7-8-13(20-12)10-19(2)3/h7-8H,4-6,9-10H2,1-3H3,(H2,16,17,18). The number of unbranched alkanes of at least 4 members (excludes halogenated alkanes) is 1. The van der Waals surface area contributed by atoms with Gasteiger partial charge in [0.05, 0.1) is 6.54 Å². The van der Waals surface area contributed by atoms with Gasteiger partial charge < -0.3 is 14.6 Å². The van der Waals surface area contributed by atoms with Crippen LogP contribution in [0.2, 0.25) is 0 Å². The van der Waals surface area contributed by atoms with Gasteiger partial charge >= 0.3 is 0 Å². The van der Waals surface area contributed by atoms with E-state index < -0.39 is 0 Å². The molecule has 1 aromatic rings. The third-order valence-corrected chi connectivity index (χ3v) is 2.73. The van der Waals surface area contributed by atoms with E-state index >= 15 is 0 Å². The molecule has 0 amide bonds. The quantitative estimate of drug-likeness (QED) is 0.258.